The molecule has 2 aromatic rings. The van der Waals surface area contributed by atoms with E-state index in [9.17, 15) is 0 Å². The highest BCUT2D eigenvalue weighted by molar-refractivity contribution is 7.18. The highest BCUT2D eigenvalue weighted by atomic mass is 32.1. The van der Waals surface area contributed by atoms with Crippen molar-refractivity contribution in [1.29, 1.82) is 0 Å². The van der Waals surface area contributed by atoms with E-state index in [1.807, 2.05) is 0 Å². The quantitative estimate of drug-likeness (QED) is 0.878. The molecule has 1 saturated carbocycles. The molecule has 20 heavy (non-hydrogen) atoms. The predicted octanol–water partition coefficient (Wildman–Crippen LogP) is 3.81. The SMILES string of the molecule is CCCN(c1nc(NCC)nc2sc(C)cc12)C1CC1. The molecule has 0 bridgehead atoms. The summed E-state index contributed by atoms with van der Waals surface area (Å²) >= 11 is 1.76. The molecule has 1 aliphatic rings. The summed E-state index contributed by atoms with van der Waals surface area (Å²) in [5, 5.41) is 4.48. The Morgan fingerprint density at radius 2 is 2.15 bits per heavy atom. The molecule has 3 rings (SSSR count). The number of hydrogen-bond donors (Lipinski definition) is 1. The van der Waals surface area contributed by atoms with Crippen molar-refractivity contribution >= 4 is 33.3 Å². The molecule has 108 valence electrons. The first-order valence-corrected chi connectivity index (χ1v) is 8.33. The molecule has 1 N–H and O–H groups in total. The summed E-state index contributed by atoms with van der Waals surface area (Å²) in [6, 6.07) is 2.92. The second kappa shape index (κ2) is 5.56. The number of hydrogen-bond acceptors (Lipinski definition) is 5. The summed E-state index contributed by atoms with van der Waals surface area (Å²) < 4.78 is 0. The Morgan fingerprint density at radius 1 is 1.35 bits per heavy atom. The minimum absolute atomic E-state index is 0.683. The molecule has 0 amide bonds. The van der Waals surface area contributed by atoms with Gasteiger partial charge in [0, 0.05) is 24.0 Å². The van der Waals surface area contributed by atoms with Gasteiger partial charge >= 0.3 is 0 Å². The molecular formula is C15H22N4S. The first-order chi connectivity index (χ1) is 9.72. The van der Waals surface area contributed by atoms with E-state index < -0.39 is 0 Å². The summed E-state index contributed by atoms with van der Waals surface area (Å²) in [6.07, 6.45) is 3.75. The Labute approximate surface area is 124 Å². The molecule has 0 unspecified atom stereocenters. The van der Waals surface area contributed by atoms with Crippen molar-refractivity contribution in [3.63, 3.8) is 0 Å². The maximum atomic E-state index is 4.79. The maximum absolute atomic E-state index is 4.79. The zero-order valence-corrected chi connectivity index (χ0v) is 13.3. The number of aryl methyl sites for hydroxylation is 1. The Kier molecular flexibility index (Phi) is 3.78. The van der Waals surface area contributed by atoms with E-state index in [0.29, 0.717) is 6.04 Å². The number of aromatic nitrogens is 2. The Bertz CT molecular complexity index is 603. The largest absolute Gasteiger partial charge is 0.354 e. The van der Waals surface area contributed by atoms with Crippen LogP contribution >= 0.6 is 11.3 Å². The standard InChI is InChI=1S/C15H22N4S/c1-4-8-19(11-6-7-11)13-12-9-10(3)20-14(12)18-15(17-13)16-5-2/h9,11H,4-8H2,1-3H3,(H,16,17,18). The lowest BCUT2D eigenvalue weighted by Crippen LogP contribution is -2.28. The number of fused-ring (bicyclic) bond motifs is 1. The molecule has 2 heterocycles. The molecule has 2 aromatic heterocycles. The summed E-state index contributed by atoms with van der Waals surface area (Å²) in [5.41, 5.74) is 0. The number of nitrogens with one attached hydrogen (secondary N) is 1. The Morgan fingerprint density at radius 3 is 2.80 bits per heavy atom. The van der Waals surface area contributed by atoms with Crippen LogP contribution in [0.1, 0.15) is 38.0 Å². The van der Waals surface area contributed by atoms with Crippen molar-refractivity contribution in [2.45, 2.75) is 46.1 Å². The first kappa shape index (κ1) is 13.6. The van der Waals surface area contributed by atoms with Gasteiger partial charge in [-0.1, -0.05) is 6.92 Å². The minimum atomic E-state index is 0.683. The number of nitrogens with zero attached hydrogens (tertiary/aromatic N) is 3. The van der Waals surface area contributed by atoms with Crippen LogP contribution in [0, 0.1) is 6.92 Å². The van der Waals surface area contributed by atoms with Crippen LogP contribution in [0.4, 0.5) is 11.8 Å². The fraction of sp³-hybridized carbons (Fsp3) is 0.600. The van der Waals surface area contributed by atoms with E-state index in [2.05, 4.69) is 42.0 Å². The van der Waals surface area contributed by atoms with Crippen molar-refractivity contribution < 1.29 is 0 Å². The van der Waals surface area contributed by atoms with Crippen LogP contribution in [0.2, 0.25) is 0 Å². The average Bonchev–Trinajstić information content (AvgIpc) is 3.17. The molecule has 0 saturated heterocycles. The van der Waals surface area contributed by atoms with Gasteiger partial charge in [-0.25, -0.2) is 4.98 Å². The molecule has 0 atom stereocenters. The smallest absolute Gasteiger partial charge is 0.226 e. The van der Waals surface area contributed by atoms with Crippen LogP contribution < -0.4 is 10.2 Å². The van der Waals surface area contributed by atoms with Gasteiger partial charge < -0.3 is 10.2 Å². The van der Waals surface area contributed by atoms with E-state index in [1.54, 1.807) is 11.3 Å². The van der Waals surface area contributed by atoms with Gasteiger partial charge in [0.15, 0.2) is 0 Å². The van der Waals surface area contributed by atoms with Gasteiger partial charge in [0.25, 0.3) is 0 Å². The van der Waals surface area contributed by atoms with Gasteiger partial charge in [-0.05, 0) is 39.2 Å². The number of rotatable bonds is 6. The second-order valence-electron chi connectivity index (χ2n) is 5.40. The maximum Gasteiger partial charge on any atom is 0.226 e. The lowest BCUT2D eigenvalue weighted by Gasteiger charge is -2.24. The van der Waals surface area contributed by atoms with Crippen LogP contribution in [-0.4, -0.2) is 29.1 Å². The topological polar surface area (TPSA) is 41.1 Å². The van der Waals surface area contributed by atoms with Gasteiger partial charge in [-0.3, -0.25) is 0 Å². The van der Waals surface area contributed by atoms with Gasteiger partial charge in [0.05, 0.1) is 5.39 Å². The third-order valence-electron chi connectivity index (χ3n) is 3.55. The molecule has 1 aliphatic carbocycles. The van der Waals surface area contributed by atoms with Gasteiger partial charge in [-0.15, -0.1) is 11.3 Å². The molecule has 0 aliphatic heterocycles. The van der Waals surface area contributed by atoms with Crippen LogP contribution in [0.25, 0.3) is 10.2 Å². The molecule has 0 spiro atoms. The van der Waals surface area contributed by atoms with Gasteiger partial charge in [0.1, 0.15) is 10.6 Å². The highest BCUT2D eigenvalue weighted by Gasteiger charge is 2.31. The molecule has 0 aromatic carbocycles. The van der Waals surface area contributed by atoms with Crippen LogP contribution in [0.5, 0.6) is 0 Å². The van der Waals surface area contributed by atoms with E-state index in [0.717, 1.165) is 36.1 Å². The third-order valence-corrected chi connectivity index (χ3v) is 4.50. The first-order valence-electron chi connectivity index (χ1n) is 7.51. The minimum Gasteiger partial charge on any atom is -0.354 e. The predicted molar refractivity (Wildman–Crippen MR) is 87.0 cm³/mol. The third kappa shape index (κ3) is 2.59. The summed E-state index contributed by atoms with van der Waals surface area (Å²) in [5.74, 6) is 1.89. The van der Waals surface area contributed by atoms with Crippen molar-refractivity contribution in [3.05, 3.63) is 10.9 Å². The lowest BCUT2D eigenvalue weighted by atomic mass is 10.3. The van der Waals surface area contributed by atoms with Crippen LogP contribution in [0.3, 0.4) is 0 Å². The summed E-state index contributed by atoms with van der Waals surface area (Å²) in [6.45, 7) is 8.39. The zero-order chi connectivity index (χ0) is 14.1. The summed E-state index contributed by atoms with van der Waals surface area (Å²) in [4.78, 5) is 14.3. The highest BCUT2D eigenvalue weighted by Crippen LogP contribution is 2.37. The van der Waals surface area contributed by atoms with Crippen molar-refractivity contribution in [3.8, 4) is 0 Å². The fourth-order valence-corrected chi connectivity index (χ4v) is 3.45. The molecule has 4 nitrogen and oxygen atoms in total. The number of thiophene rings is 1. The lowest BCUT2D eigenvalue weighted by molar-refractivity contribution is 0.753. The van der Waals surface area contributed by atoms with Crippen molar-refractivity contribution in [2.24, 2.45) is 0 Å². The monoisotopic (exact) mass is 290 g/mol. The Balaban J connectivity index is 2.09. The number of anilines is 2. The van der Waals surface area contributed by atoms with E-state index >= 15 is 0 Å². The zero-order valence-electron chi connectivity index (χ0n) is 12.4. The normalized spacial score (nSPS) is 14.8. The second-order valence-corrected chi connectivity index (χ2v) is 6.64. The molecule has 1 fully saturated rings. The summed E-state index contributed by atoms with van der Waals surface area (Å²) in [7, 11) is 0. The van der Waals surface area contributed by atoms with Crippen LogP contribution in [0.15, 0.2) is 6.07 Å². The van der Waals surface area contributed by atoms with Crippen LogP contribution in [-0.2, 0) is 0 Å². The van der Waals surface area contributed by atoms with E-state index in [-0.39, 0.29) is 0 Å². The van der Waals surface area contributed by atoms with E-state index in [4.69, 9.17) is 4.98 Å². The van der Waals surface area contributed by atoms with Crippen molar-refractivity contribution in [1.82, 2.24) is 9.97 Å². The van der Waals surface area contributed by atoms with E-state index in [1.165, 1.54) is 23.1 Å². The molecule has 5 heteroatoms. The van der Waals surface area contributed by atoms with Crippen molar-refractivity contribution in [2.75, 3.05) is 23.3 Å². The Hall–Kier alpha value is -1.36. The molecule has 0 radical (unpaired) electrons. The van der Waals surface area contributed by atoms with Gasteiger partial charge in [-0.2, -0.15) is 4.98 Å². The average molecular weight is 290 g/mol. The fourth-order valence-electron chi connectivity index (χ4n) is 2.57. The molecular weight excluding hydrogens is 268 g/mol. The van der Waals surface area contributed by atoms with Gasteiger partial charge in [0.2, 0.25) is 5.95 Å².